The lowest BCUT2D eigenvalue weighted by molar-refractivity contribution is -0.132. The Hall–Kier alpha value is -1.51. The van der Waals surface area contributed by atoms with E-state index in [9.17, 15) is 14.4 Å². The molecule has 3 saturated carbocycles. The SMILES string of the molecule is NC1CCCCCCCCC(CNC(=O)CCOCCOCCNC(=O)C2CCC(C(=O)C3CCCCCCCCCC3)CC2)C1. The molecule has 8 nitrogen and oxygen atoms in total. The average molecular weight is 648 g/mol. The van der Waals surface area contributed by atoms with Gasteiger partial charge in [0.1, 0.15) is 5.78 Å². The maximum absolute atomic E-state index is 13.3. The van der Waals surface area contributed by atoms with E-state index in [4.69, 9.17) is 15.2 Å². The van der Waals surface area contributed by atoms with Gasteiger partial charge in [0.05, 0.1) is 26.4 Å². The van der Waals surface area contributed by atoms with Gasteiger partial charge in [-0.05, 0) is 63.7 Å². The lowest BCUT2D eigenvalue weighted by atomic mass is 9.75. The molecule has 3 fully saturated rings. The molecule has 266 valence electrons. The minimum Gasteiger partial charge on any atom is -0.379 e. The summed E-state index contributed by atoms with van der Waals surface area (Å²) >= 11 is 0. The van der Waals surface area contributed by atoms with Gasteiger partial charge in [-0.2, -0.15) is 0 Å². The fourth-order valence-electron chi connectivity index (χ4n) is 7.86. The van der Waals surface area contributed by atoms with E-state index in [2.05, 4.69) is 10.6 Å². The van der Waals surface area contributed by atoms with Crippen LogP contribution in [0.5, 0.6) is 0 Å². The molecule has 0 aromatic rings. The molecule has 0 aromatic heterocycles. The smallest absolute Gasteiger partial charge is 0.223 e. The predicted octanol–water partition coefficient (Wildman–Crippen LogP) is 7.02. The van der Waals surface area contributed by atoms with Gasteiger partial charge in [-0.25, -0.2) is 0 Å². The van der Waals surface area contributed by atoms with Crippen LogP contribution in [0.3, 0.4) is 0 Å². The average Bonchev–Trinajstić information content (AvgIpc) is 3.16. The van der Waals surface area contributed by atoms with Crippen molar-refractivity contribution in [3.05, 3.63) is 0 Å². The Morgan fingerprint density at radius 1 is 0.543 bits per heavy atom. The molecule has 0 spiro atoms. The lowest BCUT2D eigenvalue weighted by Crippen LogP contribution is -2.37. The molecule has 0 aliphatic heterocycles. The Morgan fingerprint density at radius 2 is 1.04 bits per heavy atom. The maximum Gasteiger partial charge on any atom is 0.223 e. The first kappa shape index (κ1) is 38.9. The number of carbonyl (C=O) groups is 3. The molecule has 2 unspecified atom stereocenters. The van der Waals surface area contributed by atoms with Gasteiger partial charge in [-0.1, -0.05) is 89.9 Å². The van der Waals surface area contributed by atoms with Crippen LogP contribution in [-0.2, 0) is 23.9 Å². The zero-order chi connectivity index (χ0) is 32.7. The van der Waals surface area contributed by atoms with Crippen LogP contribution in [0, 0.1) is 23.7 Å². The molecule has 3 aliphatic rings. The zero-order valence-corrected chi connectivity index (χ0v) is 29.2. The Morgan fingerprint density at radius 3 is 1.67 bits per heavy atom. The number of nitrogens with one attached hydrogen (secondary N) is 2. The van der Waals surface area contributed by atoms with Crippen LogP contribution in [0.15, 0.2) is 0 Å². The van der Waals surface area contributed by atoms with Crippen LogP contribution in [-0.4, -0.2) is 63.2 Å². The molecule has 2 atom stereocenters. The van der Waals surface area contributed by atoms with E-state index in [1.807, 2.05) is 0 Å². The van der Waals surface area contributed by atoms with Crippen LogP contribution in [0.25, 0.3) is 0 Å². The van der Waals surface area contributed by atoms with E-state index in [1.54, 1.807) is 0 Å². The second-order valence-corrected chi connectivity index (χ2v) is 14.7. The fourth-order valence-corrected chi connectivity index (χ4v) is 7.86. The van der Waals surface area contributed by atoms with Gasteiger partial charge >= 0.3 is 0 Å². The van der Waals surface area contributed by atoms with Gasteiger partial charge in [-0.3, -0.25) is 14.4 Å². The van der Waals surface area contributed by atoms with Crippen molar-refractivity contribution in [2.75, 3.05) is 39.5 Å². The van der Waals surface area contributed by atoms with Crippen molar-refractivity contribution in [2.45, 2.75) is 160 Å². The molecule has 0 bridgehead atoms. The molecule has 3 rings (SSSR count). The van der Waals surface area contributed by atoms with E-state index in [0.29, 0.717) is 57.6 Å². The van der Waals surface area contributed by atoms with Crippen LogP contribution < -0.4 is 16.4 Å². The summed E-state index contributed by atoms with van der Waals surface area (Å²) in [6.45, 7) is 2.87. The Balaban J connectivity index is 1.17. The number of nitrogens with two attached hydrogens (primary N) is 1. The van der Waals surface area contributed by atoms with Crippen molar-refractivity contribution in [3.8, 4) is 0 Å². The minimum absolute atomic E-state index is 0.00785. The molecule has 0 saturated heterocycles. The molecule has 0 radical (unpaired) electrons. The first-order chi connectivity index (χ1) is 22.5. The summed E-state index contributed by atoms with van der Waals surface area (Å²) in [4.78, 5) is 38.4. The summed E-state index contributed by atoms with van der Waals surface area (Å²) in [6, 6.07) is 0.244. The van der Waals surface area contributed by atoms with Crippen LogP contribution in [0.2, 0.25) is 0 Å². The molecule has 0 heterocycles. The minimum atomic E-state index is 0.00785. The van der Waals surface area contributed by atoms with E-state index in [0.717, 1.165) is 57.8 Å². The highest BCUT2D eigenvalue weighted by atomic mass is 16.5. The van der Waals surface area contributed by atoms with Crippen LogP contribution in [0.1, 0.15) is 154 Å². The molecular weight excluding hydrogens is 578 g/mol. The quantitative estimate of drug-likeness (QED) is 0.174. The lowest BCUT2D eigenvalue weighted by Gasteiger charge is -2.29. The molecule has 2 amide bonds. The van der Waals surface area contributed by atoms with Crippen LogP contribution in [0.4, 0.5) is 0 Å². The summed E-state index contributed by atoms with van der Waals surface area (Å²) in [5.41, 5.74) is 6.36. The summed E-state index contributed by atoms with van der Waals surface area (Å²) in [6.07, 6.45) is 27.0. The topological polar surface area (TPSA) is 120 Å². The third-order valence-electron chi connectivity index (χ3n) is 10.8. The number of carbonyl (C=O) groups excluding carboxylic acids is 3. The van der Waals surface area contributed by atoms with Crippen molar-refractivity contribution < 1.29 is 23.9 Å². The van der Waals surface area contributed by atoms with E-state index in [-0.39, 0.29) is 35.6 Å². The van der Waals surface area contributed by atoms with E-state index >= 15 is 0 Å². The number of ketones is 1. The van der Waals surface area contributed by atoms with Crippen molar-refractivity contribution in [1.29, 1.82) is 0 Å². The van der Waals surface area contributed by atoms with E-state index < -0.39 is 0 Å². The Bertz CT molecular complexity index is 819. The fraction of sp³-hybridized carbons (Fsp3) is 0.921. The Kier molecular flexibility index (Phi) is 20.8. The van der Waals surface area contributed by atoms with Gasteiger partial charge in [0, 0.05) is 43.3 Å². The second kappa shape index (κ2) is 24.6. The number of hydrogen-bond acceptors (Lipinski definition) is 6. The number of ether oxygens (including phenoxy) is 2. The molecule has 0 aromatic carbocycles. The first-order valence-electron chi connectivity index (χ1n) is 19.5. The van der Waals surface area contributed by atoms with Crippen molar-refractivity contribution >= 4 is 17.6 Å². The largest absolute Gasteiger partial charge is 0.379 e. The number of Topliss-reactive ketones (excluding diaryl/α,β-unsaturated/α-hetero) is 1. The van der Waals surface area contributed by atoms with Crippen molar-refractivity contribution in [3.63, 3.8) is 0 Å². The molecule has 3 aliphatic carbocycles. The molecule has 46 heavy (non-hydrogen) atoms. The summed E-state index contributed by atoms with van der Waals surface area (Å²) in [7, 11) is 0. The third kappa shape index (κ3) is 17.1. The first-order valence-corrected chi connectivity index (χ1v) is 19.5. The summed E-state index contributed by atoms with van der Waals surface area (Å²) < 4.78 is 11.2. The van der Waals surface area contributed by atoms with Gasteiger partial charge in [0.2, 0.25) is 11.8 Å². The highest BCUT2D eigenvalue weighted by Gasteiger charge is 2.32. The summed E-state index contributed by atoms with van der Waals surface area (Å²) in [5, 5.41) is 6.12. The van der Waals surface area contributed by atoms with Gasteiger partial charge in [0.25, 0.3) is 0 Å². The zero-order valence-electron chi connectivity index (χ0n) is 29.2. The highest BCUT2D eigenvalue weighted by molar-refractivity contribution is 5.84. The van der Waals surface area contributed by atoms with Gasteiger partial charge in [-0.15, -0.1) is 0 Å². The second-order valence-electron chi connectivity index (χ2n) is 14.7. The predicted molar refractivity (Wildman–Crippen MR) is 185 cm³/mol. The van der Waals surface area contributed by atoms with E-state index in [1.165, 1.54) is 89.9 Å². The van der Waals surface area contributed by atoms with Crippen molar-refractivity contribution in [1.82, 2.24) is 10.6 Å². The van der Waals surface area contributed by atoms with Crippen molar-refractivity contribution in [2.24, 2.45) is 29.4 Å². The number of hydrogen-bond donors (Lipinski definition) is 3. The normalized spacial score (nSPS) is 26.6. The number of rotatable bonds is 14. The van der Waals surface area contributed by atoms with Gasteiger partial charge < -0.3 is 25.8 Å². The monoisotopic (exact) mass is 648 g/mol. The van der Waals surface area contributed by atoms with Crippen LogP contribution >= 0.6 is 0 Å². The molecular formula is C38H69N3O5. The molecule has 8 heteroatoms. The third-order valence-corrected chi connectivity index (χ3v) is 10.8. The van der Waals surface area contributed by atoms with Gasteiger partial charge in [0.15, 0.2) is 0 Å². The Labute approximate surface area is 280 Å². The maximum atomic E-state index is 13.3. The summed E-state index contributed by atoms with van der Waals surface area (Å²) in [5.74, 6) is 1.48. The standard InChI is InChI=1S/C38H69N3O5/c39-35-18-14-10-6-5-7-11-15-31(29-35)30-41-36(42)23-25-45-27-28-46-26-24-40-38(44)34-21-19-33(20-22-34)37(43)32-16-12-8-3-1-2-4-9-13-17-32/h31-35H,1-30,39H2,(H,40,44)(H,41,42). The molecule has 4 N–H and O–H groups in total. The number of amides is 2. The highest BCUT2D eigenvalue weighted by Crippen LogP contribution is 2.34.